The molecule has 2 aliphatic heterocycles. The molecule has 1 atom stereocenters. The third-order valence-corrected chi connectivity index (χ3v) is 6.96. The molecule has 2 aliphatic rings. The molecule has 29 heavy (non-hydrogen) atoms. The van der Waals surface area contributed by atoms with E-state index in [1.54, 1.807) is 11.3 Å². The zero-order chi connectivity index (χ0) is 20.2. The van der Waals surface area contributed by atoms with Gasteiger partial charge in [0.2, 0.25) is 0 Å². The molecule has 0 bridgehead atoms. The van der Waals surface area contributed by atoms with Crippen LogP contribution in [-0.4, -0.2) is 66.1 Å². The first-order valence-corrected chi connectivity index (χ1v) is 11.5. The van der Waals surface area contributed by atoms with E-state index in [1.807, 2.05) is 11.6 Å². The first-order valence-electron chi connectivity index (χ1n) is 10.6. The maximum absolute atomic E-state index is 6.39. The molecular formula is C22H32N6S. The largest absolute Gasteiger partial charge is 0.370 e. The maximum Gasteiger partial charge on any atom is 0.191 e. The molecule has 0 amide bonds. The lowest BCUT2D eigenvalue weighted by atomic mass is 9.95. The topological polar surface area (TPSA) is 61.0 Å². The van der Waals surface area contributed by atoms with Crippen LogP contribution in [0.1, 0.15) is 25.0 Å². The highest BCUT2D eigenvalue weighted by atomic mass is 32.1. The molecule has 0 spiro atoms. The van der Waals surface area contributed by atoms with Crippen molar-refractivity contribution in [2.24, 2.45) is 16.6 Å². The highest BCUT2D eigenvalue weighted by Gasteiger charge is 2.26. The number of nitrogens with two attached hydrogens (primary N) is 1. The molecular weight excluding hydrogens is 380 g/mol. The van der Waals surface area contributed by atoms with Gasteiger partial charge in [-0.25, -0.2) is 4.98 Å². The van der Waals surface area contributed by atoms with Gasteiger partial charge in [-0.3, -0.25) is 9.89 Å². The van der Waals surface area contributed by atoms with Crippen LogP contribution in [0, 0.1) is 5.92 Å². The highest BCUT2D eigenvalue weighted by molar-refractivity contribution is 7.13. The van der Waals surface area contributed by atoms with E-state index >= 15 is 0 Å². The van der Waals surface area contributed by atoms with Crippen LogP contribution in [-0.2, 0) is 13.0 Å². The molecule has 2 aromatic rings. The number of aromatic nitrogens is 1. The van der Waals surface area contributed by atoms with Crippen LogP contribution >= 0.6 is 11.3 Å². The predicted octanol–water partition coefficient (Wildman–Crippen LogP) is 2.66. The fourth-order valence-corrected chi connectivity index (χ4v) is 5.03. The second kappa shape index (κ2) is 9.13. The molecule has 2 N–H and O–H groups in total. The molecule has 7 heteroatoms. The van der Waals surface area contributed by atoms with Crippen LogP contribution in [0.2, 0.25) is 0 Å². The van der Waals surface area contributed by atoms with Crippen molar-refractivity contribution in [2.45, 2.75) is 32.9 Å². The molecule has 0 aliphatic carbocycles. The normalized spacial score (nSPS) is 19.5. The number of piperazine rings is 1. The van der Waals surface area contributed by atoms with Crippen LogP contribution in [0.3, 0.4) is 0 Å². The monoisotopic (exact) mass is 412 g/mol. The second-order valence-corrected chi connectivity index (χ2v) is 9.16. The summed E-state index contributed by atoms with van der Waals surface area (Å²) in [5.41, 5.74) is 9.34. The fourth-order valence-electron chi connectivity index (χ4n) is 4.33. The smallest absolute Gasteiger partial charge is 0.191 e. The van der Waals surface area contributed by atoms with Gasteiger partial charge in [0, 0.05) is 56.9 Å². The number of nitrogens with zero attached hydrogens (tertiary/aromatic N) is 5. The summed E-state index contributed by atoms with van der Waals surface area (Å²) < 4.78 is 0. The van der Waals surface area contributed by atoms with Crippen molar-refractivity contribution in [3.63, 3.8) is 0 Å². The third-order valence-electron chi connectivity index (χ3n) is 6.13. The Hall–Kier alpha value is -2.12. The molecule has 6 nitrogen and oxygen atoms in total. The zero-order valence-corrected chi connectivity index (χ0v) is 18.3. The molecule has 1 fully saturated rings. The number of thiazole rings is 1. The Morgan fingerprint density at radius 2 is 1.90 bits per heavy atom. The van der Waals surface area contributed by atoms with Crippen molar-refractivity contribution in [1.29, 1.82) is 0 Å². The van der Waals surface area contributed by atoms with Gasteiger partial charge in [-0.15, -0.1) is 11.3 Å². The van der Waals surface area contributed by atoms with E-state index in [1.165, 1.54) is 11.1 Å². The molecule has 1 saturated heterocycles. The average molecular weight is 413 g/mol. The van der Waals surface area contributed by atoms with Gasteiger partial charge < -0.3 is 15.5 Å². The van der Waals surface area contributed by atoms with Crippen LogP contribution in [0.4, 0.5) is 5.13 Å². The van der Waals surface area contributed by atoms with Crippen molar-refractivity contribution in [1.82, 2.24) is 14.8 Å². The summed E-state index contributed by atoms with van der Waals surface area (Å²) in [4.78, 5) is 16.4. The van der Waals surface area contributed by atoms with Gasteiger partial charge in [0.1, 0.15) is 0 Å². The summed E-state index contributed by atoms with van der Waals surface area (Å²) in [5.74, 6) is 1.23. The van der Waals surface area contributed by atoms with Gasteiger partial charge >= 0.3 is 0 Å². The van der Waals surface area contributed by atoms with E-state index in [4.69, 9.17) is 10.7 Å². The Bertz CT molecular complexity index is 810. The van der Waals surface area contributed by atoms with Gasteiger partial charge in [-0.2, -0.15) is 0 Å². The Morgan fingerprint density at radius 3 is 2.59 bits per heavy atom. The number of anilines is 1. The minimum Gasteiger partial charge on any atom is -0.370 e. The number of fused-ring (bicyclic) bond motifs is 1. The van der Waals surface area contributed by atoms with Crippen molar-refractivity contribution in [3.05, 3.63) is 47.0 Å². The van der Waals surface area contributed by atoms with Crippen molar-refractivity contribution in [3.8, 4) is 0 Å². The number of aliphatic imine (C=N–C) groups is 1. The lowest BCUT2D eigenvalue weighted by Crippen LogP contribution is -2.51. The fraction of sp³-hybridized carbons (Fsp3) is 0.545. The summed E-state index contributed by atoms with van der Waals surface area (Å²) in [6, 6.07) is 9.23. The quantitative estimate of drug-likeness (QED) is 0.604. The lowest BCUT2D eigenvalue weighted by Gasteiger charge is -2.38. The summed E-state index contributed by atoms with van der Waals surface area (Å²) >= 11 is 1.70. The van der Waals surface area contributed by atoms with Gasteiger partial charge in [0.25, 0.3) is 0 Å². The molecule has 4 rings (SSSR count). The second-order valence-electron chi connectivity index (χ2n) is 8.29. The number of hydrogen-bond donors (Lipinski definition) is 1. The van der Waals surface area contributed by atoms with Crippen molar-refractivity contribution < 1.29 is 0 Å². The molecule has 1 aromatic heterocycles. The summed E-state index contributed by atoms with van der Waals surface area (Å²) in [6.45, 7) is 11.2. The molecule has 156 valence electrons. The van der Waals surface area contributed by atoms with Gasteiger partial charge in [-0.05, 0) is 23.5 Å². The van der Waals surface area contributed by atoms with E-state index in [0.717, 1.165) is 57.4 Å². The Labute approximate surface area is 178 Å². The van der Waals surface area contributed by atoms with E-state index in [9.17, 15) is 0 Å². The van der Waals surface area contributed by atoms with E-state index in [0.29, 0.717) is 17.9 Å². The lowest BCUT2D eigenvalue weighted by molar-refractivity contribution is 0.144. The van der Waals surface area contributed by atoms with E-state index in [2.05, 4.69) is 57.8 Å². The number of guanidine groups is 1. The van der Waals surface area contributed by atoms with Crippen molar-refractivity contribution >= 4 is 22.4 Å². The van der Waals surface area contributed by atoms with Crippen LogP contribution in [0.25, 0.3) is 0 Å². The average Bonchev–Trinajstić information content (AvgIpc) is 3.28. The van der Waals surface area contributed by atoms with Crippen LogP contribution in [0.5, 0.6) is 0 Å². The zero-order valence-electron chi connectivity index (χ0n) is 17.5. The molecule has 3 heterocycles. The minimum absolute atomic E-state index is 0.415. The first-order chi connectivity index (χ1) is 14.1. The highest BCUT2D eigenvalue weighted by Crippen LogP contribution is 2.23. The summed E-state index contributed by atoms with van der Waals surface area (Å²) in [5, 5.41) is 3.13. The van der Waals surface area contributed by atoms with Crippen LogP contribution < -0.4 is 10.6 Å². The maximum atomic E-state index is 6.39. The van der Waals surface area contributed by atoms with E-state index < -0.39 is 0 Å². The number of benzene rings is 1. The van der Waals surface area contributed by atoms with Crippen molar-refractivity contribution in [2.75, 3.05) is 44.2 Å². The summed E-state index contributed by atoms with van der Waals surface area (Å²) in [6.07, 6.45) is 2.99. The summed E-state index contributed by atoms with van der Waals surface area (Å²) in [7, 11) is 0. The predicted molar refractivity (Wildman–Crippen MR) is 122 cm³/mol. The molecule has 0 radical (unpaired) electrons. The molecule has 0 saturated carbocycles. The number of rotatable bonds is 5. The van der Waals surface area contributed by atoms with Crippen LogP contribution in [0.15, 0.2) is 40.8 Å². The standard InChI is InChI=1S/C22H32N6S/c1-17(2)20(28-9-7-18-5-3-4-6-19(18)16-28)15-25-21(23)26-10-12-27(13-11-26)22-24-8-14-29-22/h3-6,8,14,17,20H,7,9-13,15-16H2,1-2H3,(H2,23,25). The van der Waals surface area contributed by atoms with Gasteiger partial charge in [0.05, 0.1) is 6.54 Å². The first kappa shape index (κ1) is 20.2. The number of hydrogen-bond acceptors (Lipinski definition) is 5. The molecule has 1 unspecified atom stereocenters. The van der Waals surface area contributed by atoms with E-state index in [-0.39, 0.29) is 0 Å². The minimum atomic E-state index is 0.415. The van der Waals surface area contributed by atoms with Gasteiger partial charge in [0.15, 0.2) is 11.1 Å². The van der Waals surface area contributed by atoms with Gasteiger partial charge in [-0.1, -0.05) is 38.1 Å². The third kappa shape index (κ3) is 4.73. The Balaban J connectivity index is 1.35. The molecule has 1 aromatic carbocycles. The Morgan fingerprint density at radius 1 is 1.14 bits per heavy atom. The Kier molecular flexibility index (Phi) is 6.35. The SMILES string of the molecule is CC(C)C(CN=C(N)N1CCN(c2nccs2)CC1)N1CCc2ccccc2C1.